The van der Waals surface area contributed by atoms with Gasteiger partial charge in [0.15, 0.2) is 0 Å². The second-order valence-corrected chi connectivity index (χ2v) is 8.93. The summed E-state index contributed by atoms with van der Waals surface area (Å²) in [5, 5.41) is 7.35. The molecule has 1 spiro atoms. The molecule has 2 fully saturated rings. The number of carbonyl (C=O) groups excluding carboxylic acids is 2. The molecular formula is C23H32N6O2. The first-order valence-electron chi connectivity index (χ1n) is 11.1. The average Bonchev–Trinajstić information content (AvgIpc) is 3.32. The number of pyridine rings is 1. The Kier molecular flexibility index (Phi) is 6.09. The maximum Gasteiger partial charge on any atom is 0.257 e. The Morgan fingerprint density at radius 2 is 2.03 bits per heavy atom. The van der Waals surface area contributed by atoms with Crippen molar-refractivity contribution in [1.82, 2.24) is 29.9 Å². The van der Waals surface area contributed by atoms with Gasteiger partial charge in [-0.2, -0.15) is 5.10 Å². The molecule has 2 aliphatic heterocycles. The third-order valence-electron chi connectivity index (χ3n) is 6.96. The molecule has 2 saturated heterocycles. The SMILES string of the molecule is CCn1ncc(C(=O)N2CCC3(CC2)CC(C(=O)NCc2ccccn2)N(C)C3)c1C. The zero-order valence-electron chi connectivity index (χ0n) is 18.7. The van der Waals surface area contributed by atoms with Crippen molar-refractivity contribution in [3.8, 4) is 0 Å². The van der Waals surface area contributed by atoms with E-state index in [1.54, 1.807) is 12.4 Å². The second kappa shape index (κ2) is 8.78. The minimum absolute atomic E-state index is 0.0612. The van der Waals surface area contributed by atoms with E-state index in [1.807, 2.05) is 48.7 Å². The quantitative estimate of drug-likeness (QED) is 0.792. The molecule has 1 unspecified atom stereocenters. The van der Waals surface area contributed by atoms with Gasteiger partial charge in [-0.05, 0) is 57.7 Å². The lowest BCUT2D eigenvalue weighted by Crippen LogP contribution is -2.44. The van der Waals surface area contributed by atoms with Crippen molar-refractivity contribution >= 4 is 11.8 Å². The Morgan fingerprint density at radius 3 is 2.68 bits per heavy atom. The summed E-state index contributed by atoms with van der Waals surface area (Å²) in [6.07, 6.45) is 6.12. The molecule has 31 heavy (non-hydrogen) atoms. The van der Waals surface area contributed by atoms with Crippen LogP contribution in [0.5, 0.6) is 0 Å². The van der Waals surface area contributed by atoms with Gasteiger partial charge in [0.05, 0.1) is 30.0 Å². The van der Waals surface area contributed by atoms with Crippen molar-refractivity contribution in [2.45, 2.75) is 52.2 Å². The van der Waals surface area contributed by atoms with Gasteiger partial charge in [-0.3, -0.25) is 24.2 Å². The van der Waals surface area contributed by atoms with Crippen LogP contribution < -0.4 is 5.32 Å². The van der Waals surface area contributed by atoms with Crippen LogP contribution in [0.2, 0.25) is 0 Å². The number of piperidine rings is 1. The zero-order valence-corrected chi connectivity index (χ0v) is 18.7. The highest BCUT2D eigenvalue weighted by atomic mass is 16.2. The van der Waals surface area contributed by atoms with Crippen molar-refractivity contribution in [2.24, 2.45) is 5.41 Å². The summed E-state index contributed by atoms with van der Waals surface area (Å²) in [4.78, 5) is 34.2. The monoisotopic (exact) mass is 424 g/mol. The molecule has 0 radical (unpaired) electrons. The molecule has 0 aliphatic carbocycles. The number of likely N-dealkylation sites (N-methyl/N-ethyl adjacent to an activating group) is 1. The number of amides is 2. The first-order valence-corrected chi connectivity index (χ1v) is 11.1. The van der Waals surface area contributed by atoms with Crippen molar-refractivity contribution in [3.05, 3.63) is 47.5 Å². The molecular weight excluding hydrogens is 392 g/mol. The van der Waals surface area contributed by atoms with E-state index >= 15 is 0 Å². The van der Waals surface area contributed by atoms with E-state index < -0.39 is 0 Å². The summed E-state index contributed by atoms with van der Waals surface area (Å²) in [5.41, 5.74) is 2.59. The average molecular weight is 425 g/mol. The van der Waals surface area contributed by atoms with E-state index in [0.29, 0.717) is 12.1 Å². The van der Waals surface area contributed by atoms with Crippen molar-refractivity contribution < 1.29 is 9.59 Å². The van der Waals surface area contributed by atoms with Crippen LogP contribution >= 0.6 is 0 Å². The van der Waals surface area contributed by atoms with Crippen LogP contribution in [-0.4, -0.2) is 69.1 Å². The number of nitrogens with one attached hydrogen (secondary N) is 1. The summed E-state index contributed by atoms with van der Waals surface area (Å²) >= 11 is 0. The fourth-order valence-corrected chi connectivity index (χ4v) is 5.05. The number of hydrogen-bond acceptors (Lipinski definition) is 5. The van der Waals surface area contributed by atoms with E-state index in [-0.39, 0.29) is 23.3 Å². The van der Waals surface area contributed by atoms with Crippen LogP contribution in [-0.2, 0) is 17.9 Å². The van der Waals surface area contributed by atoms with Crippen LogP contribution in [0.4, 0.5) is 0 Å². The molecule has 8 heteroatoms. The first kappa shape index (κ1) is 21.5. The van der Waals surface area contributed by atoms with Gasteiger partial charge in [0, 0.05) is 38.1 Å². The van der Waals surface area contributed by atoms with E-state index in [9.17, 15) is 9.59 Å². The fraction of sp³-hybridized carbons (Fsp3) is 0.565. The van der Waals surface area contributed by atoms with Crippen LogP contribution in [0, 0.1) is 12.3 Å². The second-order valence-electron chi connectivity index (χ2n) is 8.93. The van der Waals surface area contributed by atoms with Crippen LogP contribution in [0.1, 0.15) is 47.9 Å². The van der Waals surface area contributed by atoms with Crippen molar-refractivity contribution in [1.29, 1.82) is 0 Å². The van der Waals surface area contributed by atoms with Crippen LogP contribution in [0.25, 0.3) is 0 Å². The fourth-order valence-electron chi connectivity index (χ4n) is 5.05. The minimum Gasteiger partial charge on any atom is -0.349 e. The summed E-state index contributed by atoms with van der Waals surface area (Å²) in [6, 6.07) is 5.58. The number of rotatable bonds is 5. The Labute approximate surface area is 183 Å². The van der Waals surface area contributed by atoms with E-state index in [2.05, 4.69) is 20.3 Å². The van der Waals surface area contributed by atoms with E-state index in [4.69, 9.17) is 0 Å². The Morgan fingerprint density at radius 1 is 1.26 bits per heavy atom. The molecule has 0 bridgehead atoms. The standard InChI is InChI=1S/C23H32N6O2/c1-4-29-17(2)19(15-26-29)22(31)28-11-8-23(9-12-28)13-20(27(3)16-23)21(30)25-14-18-7-5-6-10-24-18/h5-7,10,15,20H,4,8-9,11-14,16H2,1-3H3,(H,25,30). The number of aromatic nitrogens is 3. The van der Waals surface area contributed by atoms with Gasteiger partial charge in [-0.25, -0.2) is 0 Å². The number of nitrogens with zero attached hydrogens (tertiary/aromatic N) is 5. The van der Waals surface area contributed by atoms with Gasteiger partial charge in [0.1, 0.15) is 0 Å². The summed E-state index contributed by atoms with van der Waals surface area (Å²) in [7, 11) is 2.03. The molecule has 2 aliphatic rings. The van der Waals surface area contributed by atoms with E-state index in [0.717, 1.165) is 56.8 Å². The smallest absolute Gasteiger partial charge is 0.257 e. The van der Waals surface area contributed by atoms with Gasteiger partial charge in [0.25, 0.3) is 5.91 Å². The highest BCUT2D eigenvalue weighted by molar-refractivity contribution is 5.95. The lowest BCUT2D eigenvalue weighted by atomic mass is 9.76. The first-order chi connectivity index (χ1) is 14.9. The number of hydrogen-bond donors (Lipinski definition) is 1. The Balaban J connectivity index is 1.33. The van der Waals surface area contributed by atoms with Crippen LogP contribution in [0.3, 0.4) is 0 Å². The maximum absolute atomic E-state index is 13.0. The molecule has 1 N–H and O–H groups in total. The highest BCUT2D eigenvalue weighted by Gasteiger charge is 2.47. The van der Waals surface area contributed by atoms with Gasteiger partial charge in [0.2, 0.25) is 5.91 Å². The van der Waals surface area contributed by atoms with Gasteiger partial charge >= 0.3 is 0 Å². The topological polar surface area (TPSA) is 83.4 Å². The summed E-state index contributed by atoms with van der Waals surface area (Å²) in [5.74, 6) is 0.134. The molecule has 2 aromatic heterocycles. The predicted molar refractivity (Wildman–Crippen MR) is 117 cm³/mol. The van der Waals surface area contributed by atoms with Crippen molar-refractivity contribution in [3.63, 3.8) is 0 Å². The molecule has 4 heterocycles. The Bertz CT molecular complexity index is 933. The van der Waals surface area contributed by atoms with E-state index in [1.165, 1.54) is 0 Å². The normalized spacial score (nSPS) is 20.9. The largest absolute Gasteiger partial charge is 0.349 e. The third kappa shape index (κ3) is 4.35. The predicted octanol–water partition coefficient (Wildman–Crippen LogP) is 1.85. The molecule has 4 rings (SSSR count). The van der Waals surface area contributed by atoms with Gasteiger partial charge < -0.3 is 10.2 Å². The summed E-state index contributed by atoms with van der Waals surface area (Å²) in [6.45, 7) is 7.54. The molecule has 0 saturated carbocycles. The number of likely N-dealkylation sites (tertiary alicyclic amines) is 2. The molecule has 166 valence electrons. The van der Waals surface area contributed by atoms with Gasteiger partial charge in [-0.15, -0.1) is 0 Å². The zero-order chi connectivity index (χ0) is 22.0. The molecule has 2 amide bonds. The molecule has 1 atom stereocenters. The number of aryl methyl sites for hydroxylation is 1. The highest BCUT2D eigenvalue weighted by Crippen LogP contribution is 2.43. The van der Waals surface area contributed by atoms with Crippen molar-refractivity contribution in [2.75, 3.05) is 26.7 Å². The lowest BCUT2D eigenvalue weighted by Gasteiger charge is -2.39. The molecule has 2 aromatic rings. The maximum atomic E-state index is 13.0. The minimum atomic E-state index is -0.129. The lowest BCUT2D eigenvalue weighted by molar-refractivity contribution is -0.125. The number of carbonyl (C=O) groups is 2. The third-order valence-corrected chi connectivity index (χ3v) is 6.96. The summed E-state index contributed by atoms with van der Waals surface area (Å²) < 4.78 is 1.86. The Hall–Kier alpha value is -2.74. The molecule has 0 aromatic carbocycles. The van der Waals surface area contributed by atoms with Gasteiger partial charge in [-0.1, -0.05) is 6.07 Å². The molecule has 8 nitrogen and oxygen atoms in total. The van der Waals surface area contributed by atoms with Crippen LogP contribution in [0.15, 0.2) is 30.6 Å².